The minimum atomic E-state index is -4.55. The Balaban J connectivity index is 1.73. The number of fused-ring (bicyclic) bond motifs is 1. The number of nitrogens with one attached hydrogen (secondary N) is 1. The normalized spacial score (nSPS) is 12.1. The molecule has 4 aromatic rings. The highest BCUT2D eigenvalue weighted by molar-refractivity contribution is 5.83. The van der Waals surface area contributed by atoms with Crippen LogP contribution < -0.4 is 11.1 Å². The summed E-state index contributed by atoms with van der Waals surface area (Å²) in [5.74, 6) is 0.482. The summed E-state index contributed by atoms with van der Waals surface area (Å²) in [5.41, 5.74) is 6.67. The van der Waals surface area contributed by atoms with Gasteiger partial charge in [-0.25, -0.2) is 19.7 Å². The molecule has 0 aliphatic rings. The summed E-state index contributed by atoms with van der Waals surface area (Å²) in [5, 5.41) is 2.68. The van der Waals surface area contributed by atoms with E-state index in [9.17, 15) is 18.0 Å². The number of ether oxygens (including phenoxy) is 1. The Morgan fingerprint density at radius 3 is 2.46 bits per heavy atom. The van der Waals surface area contributed by atoms with Crippen molar-refractivity contribution < 1.29 is 22.7 Å². The van der Waals surface area contributed by atoms with E-state index in [-0.39, 0.29) is 23.5 Å². The summed E-state index contributed by atoms with van der Waals surface area (Å²) in [6.45, 7) is 5.55. The summed E-state index contributed by atoms with van der Waals surface area (Å²) < 4.78 is 46.6. The van der Waals surface area contributed by atoms with E-state index in [0.29, 0.717) is 17.1 Å². The van der Waals surface area contributed by atoms with Gasteiger partial charge in [-0.1, -0.05) is 12.1 Å². The molecule has 0 unspecified atom stereocenters. The molecule has 182 valence electrons. The van der Waals surface area contributed by atoms with Crippen molar-refractivity contribution in [3.8, 4) is 17.1 Å². The van der Waals surface area contributed by atoms with Gasteiger partial charge in [-0.2, -0.15) is 13.2 Å². The van der Waals surface area contributed by atoms with Crippen LogP contribution in [-0.2, 0) is 17.5 Å². The van der Waals surface area contributed by atoms with Crippen molar-refractivity contribution in [2.24, 2.45) is 0 Å². The Bertz CT molecular complexity index is 1380. The van der Waals surface area contributed by atoms with Gasteiger partial charge in [-0.05, 0) is 56.7 Å². The van der Waals surface area contributed by atoms with Crippen LogP contribution in [0.4, 0.5) is 23.8 Å². The zero-order valence-corrected chi connectivity index (χ0v) is 19.2. The number of alkyl halides is 3. The number of imidazole rings is 1. The number of hydrogen-bond donors (Lipinski definition) is 2. The Labute approximate surface area is 199 Å². The van der Waals surface area contributed by atoms with E-state index in [4.69, 9.17) is 10.5 Å². The molecule has 0 bridgehead atoms. The summed E-state index contributed by atoms with van der Waals surface area (Å²) >= 11 is 0. The summed E-state index contributed by atoms with van der Waals surface area (Å²) in [7, 11) is 0. The molecule has 0 spiro atoms. The van der Waals surface area contributed by atoms with E-state index in [0.717, 1.165) is 17.8 Å². The van der Waals surface area contributed by atoms with Gasteiger partial charge in [0.2, 0.25) is 0 Å². The van der Waals surface area contributed by atoms with Crippen LogP contribution in [0.2, 0.25) is 0 Å². The lowest BCUT2D eigenvalue weighted by Crippen LogP contribution is -2.32. The molecule has 3 N–H and O–H groups in total. The number of amides is 1. The summed E-state index contributed by atoms with van der Waals surface area (Å²) in [6, 6.07) is 11.4. The highest BCUT2D eigenvalue weighted by atomic mass is 19.4. The SMILES string of the molecule is CC(C)(C)OC(=O)NCc1ccc(-n2c(-c3cccnc3N)nc3cc(C(F)(F)F)cnc32)cc1. The number of nitrogen functional groups attached to an aromatic ring is 1. The molecule has 0 atom stereocenters. The molecule has 0 fully saturated rings. The van der Waals surface area contributed by atoms with Crippen molar-refractivity contribution in [3.63, 3.8) is 0 Å². The van der Waals surface area contributed by atoms with Crippen LogP contribution in [0.1, 0.15) is 31.9 Å². The molecule has 11 heteroatoms. The van der Waals surface area contributed by atoms with Crippen LogP contribution in [0.25, 0.3) is 28.2 Å². The molecule has 1 aromatic carbocycles. The Morgan fingerprint density at radius 2 is 1.83 bits per heavy atom. The second-order valence-electron chi connectivity index (χ2n) is 8.79. The second kappa shape index (κ2) is 8.90. The number of hydrogen-bond acceptors (Lipinski definition) is 6. The third-order valence-electron chi connectivity index (χ3n) is 4.93. The molecule has 0 aliphatic heterocycles. The van der Waals surface area contributed by atoms with Crippen LogP contribution in [0.3, 0.4) is 0 Å². The van der Waals surface area contributed by atoms with Crippen LogP contribution >= 0.6 is 0 Å². The maximum absolute atomic E-state index is 13.3. The first kappa shape index (κ1) is 24.0. The van der Waals surface area contributed by atoms with E-state index < -0.39 is 23.4 Å². The minimum absolute atomic E-state index is 0.0637. The van der Waals surface area contributed by atoms with Crippen LogP contribution in [0, 0.1) is 0 Å². The van der Waals surface area contributed by atoms with Gasteiger partial charge in [0.05, 0.1) is 11.1 Å². The molecule has 1 amide bonds. The van der Waals surface area contributed by atoms with Gasteiger partial charge in [0.25, 0.3) is 0 Å². The van der Waals surface area contributed by atoms with Crippen molar-refractivity contribution in [1.82, 2.24) is 24.8 Å². The van der Waals surface area contributed by atoms with Crippen LogP contribution in [-0.4, -0.2) is 31.2 Å². The zero-order chi connectivity index (χ0) is 25.4. The molecule has 0 radical (unpaired) electrons. The third kappa shape index (κ3) is 5.34. The molecule has 0 saturated carbocycles. The molecule has 0 saturated heterocycles. The van der Waals surface area contributed by atoms with E-state index in [1.807, 2.05) is 0 Å². The van der Waals surface area contributed by atoms with Gasteiger partial charge < -0.3 is 15.8 Å². The van der Waals surface area contributed by atoms with Gasteiger partial charge in [0.1, 0.15) is 16.9 Å². The molecular formula is C24H23F3N6O2. The minimum Gasteiger partial charge on any atom is -0.444 e. The summed E-state index contributed by atoms with van der Waals surface area (Å²) in [4.78, 5) is 24.5. The fourth-order valence-corrected chi connectivity index (χ4v) is 3.40. The predicted octanol–water partition coefficient (Wildman–Crippen LogP) is 5.11. The predicted molar refractivity (Wildman–Crippen MR) is 125 cm³/mol. The molecule has 3 aromatic heterocycles. The van der Waals surface area contributed by atoms with Gasteiger partial charge in [-0.15, -0.1) is 0 Å². The van der Waals surface area contributed by atoms with Gasteiger partial charge in [0, 0.05) is 24.6 Å². The first-order valence-electron chi connectivity index (χ1n) is 10.6. The topological polar surface area (TPSA) is 108 Å². The smallest absolute Gasteiger partial charge is 0.417 e. The van der Waals surface area contributed by atoms with Gasteiger partial charge in [0.15, 0.2) is 11.5 Å². The molecule has 3 heterocycles. The highest BCUT2D eigenvalue weighted by Gasteiger charge is 2.32. The van der Waals surface area contributed by atoms with E-state index in [1.165, 1.54) is 6.20 Å². The standard InChI is InChI=1S/C24H23F3N6O2/c1-23(2,3)35-22(34)31-12-14-6-8-16(9-7-14)33-20(17-5-4-10-29-19(17)28)32-18-11-15(24(25,26)27)13-30-21(18)33/h4-11,13H,12H2,1-3H3,(H2,28,29)(H,31,34). The first-order valence-corrected chi connectivity index (χ1v) is 10.6. The Hall–Kier alpha value is -4.15. The lowest BCUT2D eigenvalue weighted by molar-refractivity contribution is -0.137. The fourth-order valence-electron chi connectivity index (χ4n) is 3.40. The number of benzene rings is 1. The van der Waals surface area contributed by atoms with Gasteiger partial charge in [-0.3, -0.25) is 4.57 Å². The lowest BCUT2D eigenvalue weighted by atomic mass is 10.2. The average molecular weight is 484 g/mol. The maximum Gasteiger partial charge on any atom is 0.417 e. The second-order valence-corrected chi connectivity index (χ2v) is 8.79. The van der Waals surface area contributed by atoms with Crippen molar-refractivity contribution in [2.75, 3.05) is 5.73 Å². The number of nitrogens with zero attached hydrogens (tertiary/aromatic N) is 4. The van der Waals surface area contributed by atoms with E-state index in [2.05, 4.69) is 20.3 Å². The number of carbonyl (C=O) groups is 1. The molecule has 4 rings (SSSR count). The largest absolute Gasteiger partial charge is 0.444 e. The van der Waals surface area contributed by atoms with Gasteiger partial charge >= 0.3 is 12.3 Å². The molecule has 0 aliphatic carbocycles. The van der Waals surface area contributed by atoms with Crippen LogP contribution in [0.15, 0.2) is 54.9 Å². The Kier molecular flexibility index (Phi) is 6.10. The monoisotopic (exact) mass is 484 g/mol. The van der Waals surface area contributed by atoms with E-state index >= 15 is 0 Å². The van der Waals surface area contributed by atoms with Crippen LogP contribution in [0.5, 0.6) is 0 Å². The number of alkyl carbamates (subject to hydrolysis) is 1. The number of pyridine rings is 2. The average Bonchev–Trinajstić information content (AvgIpc) is 3.15. The Morgan fingerprint density at radius 1 is 1.11 bits per heavy atom. The number of anilines is 1. The third-order valence-corrected chi connectivity index (χ3v) is 4.93. The molecule has 35 heavy (non-hydrogen) atoms. The first-order chi connectivity index (χ1) is 16.4. The number of aromatic nitrogens is 4. The number of rotatable bonds is 4. The number of carbonyl (C=O) groups excluding carboxylic acids is 1. The van der Waals surface area contributed by atoms with Crippen molar-refractivity contribution in [3.05, 3.63) is 66.0 Å². The highest BCUT2D eigenvalue weighted by Crippen LogP contribution is 2.34. The van der Waals surface area contributed by atoms with Crippen molar-refractivity contribution in [1.29, 1.82) is 0 Å². The lowest BCUT2D eigenvalue weighted by Gasteiger charge is -2.19. The van der Waals surface area contributed by atoms with E-state index in [1.54, 1.807) is 61.7 Å². The quantitative estimate of drug-likeness (QED) is 0.417. The van der Waals surface area contributed by atoms with Crippen molar-refractivity contribution >= 4 is 23.1 Å². The molecular weight excluding hydrogens is 461 g/mol. The number of nitrogens with two attached hydrogens (primary N) is 1. The zero-order valence-electron chi connectivity index (χ0n) is 19.2. The maximum atomic E-state index is 13.3. The molecule has 8 nitrogen and oxygen atoms in total. The fraction of sp³-hybridized carbons (Fsp3) is 0.250. The summed E-state index contributed by atoms with van der Waals surface area (Å²) in [6.07, 6.45) is -2.81. The van der Waals surface area contributed by atoms with Crippen molar-refractivity contribution in [2.45, 2.75) is 39.1 Å². The number of halogens is 3.